The predicted molar refractivity (Wildman–Crippen MR) is 208 cm³/mol. The fourth-order valence-electron chi connectivity index (χ4n) is 9.60. The van der Waals surface area contributed by atoms with E-state index in [0.29, 0.717) is 36.6 Å². The molecule has 4 fully saturated rings. The molecule has 5 aromatic rings. The van der Waals surface area contributed by atoms with Gasteiger partial charge >= 0.3 is 11.9 Å². The highest BCUT2D eigenvalue weighted by molar-refractivity contribution is 6.03. The van der Waals surface area contributed by atoms with Crippen molar-refractivity contribution in [3.05, 3.63) is 82.3 Å². The number of imide groups is 1. The first-order valence-corrected chi connectivity index (χ1v) is 20.1. The van der Waals surface area contributed by atoms with Gasteiger partial charge in [0.05, 0.1) is 23.3 Å². The van der Waals surface area contributed by atoms with Crippen LogP contribution >= 0.6 is 0 Å². The molecule has 1 unspecified atom stereocenters. The van der Waals surface area contributed by atoms with Crippen LogP contribution in [-0.2, 0) is 22.8 Å². The van der Waals surface area contributed by atoms with Crippen LogP contribution in [0.2, 0.25) is 0 Å². The van der Waals surface area contributed by atoms with E-state index in [9.17, 15) is 32.3 Å². The van der Waals surface area contributed by atoms with Crippen molar-refractivity contribution in [3.8, 4) is 0 Å². The number of amides is 3. The number of hydrogen-bond donors (Lipinski definition) is 2. The third-order valence-electron chi connectivity index (χ3n) is 12.7. The lowest BCUT2D eigenvalue weighted by atomic mass is 9.84. The number of piperidine rings is 2. The van der Waals surface area contributed by atoms with Crippen LogP contribution < -0.4 is 16.3 Å². The Labute approximate surface area is 335 Å². The number of hydrogen-bond acceptors (Lipinski definition) is 9. The van der Waals surface area contributed by atoms with Crippen LogP contribution in [0.3, 0.4) is 0 Å². The summed E-state index contributed by atoms with van der Waals surface area (Å²) in [5, 5.41) is 10.3. The Morgan fingerprint density at radius 1 is 0.983 bits per heavy atom. The Morgan fingerprint density at radius 3 is 2.51 bits per heavy atom. The van der Waals surface area contributed by atoms with E-state index in [4.69, 9.17) is 5.10 Å². The molecule has 7 heterocycles. The average molecular weight is 817 g/mol. The van der Waals surface area contributed by atoms with E-state index in [0.717, 1.165) is 73.8 Å². The molecule has 2 N–H and O–H groups in total. The van der Waals surface area contributed by atoms with Crippen LogP contribution in [0, 0.1) is 5.92 Å². The summed E-state index contributed by atoms with van der Waals surface area (Å²) in [4.78, 5) is 62.6. The lowest BCUT2D eigenvalue weighted by molar-refractivity contribution is -0.141. The summed E-state index contributed by atoms with van der Waals surface area (Å²) in [7, 11) is 1.71. The van der Waals surface area contributed by atoms with Gasteiger partial charge in [0.25, 0.3) is 5.91 Å². The molecule has 3 aliphatic heterocycles. The Morgan fingerprint density at radius 2 is 1.76 bits per heavy atom. The number of rotatable bonds is 8. The van der Waals surface area contributed by atoms with E-state index < -0.39 is 35.9 Å². The lowest BCUT2D eigenvalue weighted by Crippen LogP contribution is -2.59. The molecule has 0 spiro atoms. The SMILES string of the molecule is Cn1c(=O)n(C2CCC(=O)NC2=O)c2cccc(C3CN([C@H]4CCN(CC5CCC(n6cc7cc(NC(=O)c8cccc(C(F)(F)F)n8)ncc7n6)CC5)C[C@@H]4F)C3)c21. The van der Waals surface area contributed by atoms with Gasteiger partial charge in [-0.15, -0.1) is 0 Å². The standard InChI is InChI=1S/C41H44F4N10O4/c1-51-37-27(4-2-6-32(37)55(40(51)59)33-12-13-36(56)49-39(33)58)25-19-53(20-25)31-14-15-52(22-28(31)42)18-23-8-10-26(11-9-23)54-21-24-16-35(46-17-30(24)50-54)48-38(57)29-5-3-7-34(47-29)41(43,44)45/h2-7,16-17,21,23,25-26,28,31,33H,8-15,18-20,22H2,1H3,(H,48,57)(H,49,56,58)/t23?,26?,28-,31-,33?/m0/s1. The van der Waals surface area contributed by atoms with Crippen LogP contribution in [-0.4, -0.2) is 101 Å². The molecule has 1 aliphatic carbocycles. The molecule has 14 nitrogen and oxygen atoms in total. The first-order chi connectivity index (χ1) is 28.3. The Hall–Kier alpha value is -5.49. The van der Waals surface area contributed by atoms with Crippen LogP contribution in [0.15, 0.2) is 59.7 Å². The lowest BCUT2D eigenvalue weighted by Gasteiger charge is -2.49. The van der Waals surface area contributed by atoms with E-state index in [1.807, 2.05) is 29.1 Å². The van der Waals surface area contributed by atoms with Crippen molar-refractivity contribution < 1.29 is 31.9 Å². The Bertz CT molecular complexity index is 2500. The van der Waals surface area contributed by atoms with Gasteiger partial charge in [-0.1, -0.05) is 18.2 Å². The molecule has 1 saturated carbocycles. The number of anilines is 1. The van der Waals surface area contributed by atoms with Crippen molar-refractivity contribution in [3.63, 3.8) is 0 Å². The number of imidazole rings is 1. The highest BCUT2D eigenvalue weighted by Gasteiger charge is 2.42. The van der Waals surface area contributed by atoms with Gasteiger partial charge in [0.2, 0.25) is 11.8 Å². The second-order valence-corrected chi connectivity index (χ2v) is 16.4. The molecule has 4 aliphatic rings. The molecular formula is C41H44F4N10O4. The third-order valence-corrected chi connectivity index (χ3v) is 12.7. The average Bonchev–Trinajstić information content (AvgIpc) is 3.73. The minimum absolute atomic E-state index is 0.129. The van der Waals surface area contributed by atoms with Gasteiger partial charge < -0.3 is 10.2 Å². The van der Waals surface area contributed by atoms with Gasteiger partial charge in [-0.05, 0) is 80.8 Å². The van der Waals surface area contributed by atoms with E-state index in [2.05, 4.69) is 30.4 Å². The summed E-state index contributed by atoms with van der Waals surface area (Å²) in [6, 6.07) is 9.81. The zero-order valence-electron chi connectivity index (χ0n) is 32.4. The zero-order valence-corrected chi connectivity index (χ0v) is 32.4. The minimum atomic E-state index is -4.67. The fraction of sp³-hybridized carbons (Fsp3) is 0.488. The van der Waals surface area contributed by atoms with Crippen molar-refractivity contribution in [2.24, 2.45) is 13.0 Å². The minimum Gasteiger partial charge on any atom is -0.305 e. The number of pyridine rings is 2. The zero-order chi connectivity index (χ0) is 41.2. The molecule has 3 atom stereocenters. The molecule has 1 aromatic carbocycles. The van der Waals surface area contributed by atoms with Crippen molar-refractivity contribution in [1.29, 1.82) is 0 Å². The third kappa shape index (κ3) is 7.52. The molecule has 3 saturated heterocycles. The van der Waals surface area contributed by atoms with E-state index in [1.54, 1.807) is 17.7 Å². The molecule has 18 heteroatoms. The number of nitrogens with zero attached hydrogens (tertiary/aromatic N) is 8. The normalized spacial score (nSPS) is 25.0. The second kappa shape index (κ2) is 15.3. The van der Waals surface area contributed by atoms with Crippen molar-refractivity contribution in [1.82, 2.24) is 44.0 Å². The highest BCUT2D eigenvalue weighted by atomic mass is 19.4. The predicted octanol–water partition coefficient (Wildman–Crippen LogP) is 4.97. The largest absolute Gasteiger partial charge is 0.433 e. The van der Waals surface area contributed by atoms with E-state index >= 15 is 4.39 Å². The first kappa shape index (κ1) is 39.0. The molecular weight excluding hydrogens is 773 g/mol. The number of aromatic nitrogens is 6. The summed E-state index contributed by atoms with van der Waals surface area (Å²) in [6.07, 6.45) is 2.76. The number of para-hydroxylation sites is 1. The highest BCUT2D eigenvalue weighted by Crippen LogP contribution is 2.38. The number of carbonyl (C=O) groups excluding carboxylic acids is 3. The number of fused-ring (bicyclic) bond motifs is 2. The number of alkyl halides is 4. The first-order valence-electron chi connectivity index (χ1n) is 20.1. The van der Waals surface area contributed by atoms with Gasteiger partial charge in [-0.25, -0.2) is 19.2 Å². The van der Waals surface area contributed by atoms with Gasteiger partial charge in [0.1, 0.15) is 34.9 Å². The second-order valence-electron chi connectivity index (χ2n) is 16.4. The molecule has 0 bridgehead atoms. The van der Waals surface area contributed by atoms with Crippen LogP contribution in [0.4, 0.5) is 23.4 Å². The maximum Gasteiger partial charge on any atom is 0.433 e. The molecule has 0 radical (unpaired) electrons. The Kier molecular flexibility index (Phi) is 10.1. The summed E-state index contributed by atoms with van der Waals surface area (Å²) < 4.78 is 60.1. The van der Waals surface area contributed by atoms with Crippen LogP contribution in [0.1, 0.15) is 84.7 Å². The number of aryl methyl sites for hydroxylation is 1. The number of nitrogens with one attached hydrogen (secondary N) is 2. The van der Waals surface area contributed by atoms with Crippen molar-refractivity contribution in [2.75, 3.05) is 38.0 Å². The van der Waals surface area contributed by atoms with E-state index in [-0.39, 0.29) is 54.0 Å². The summed E-state index contributed by atoms with van der Waals surface area (Å²) >= 11 is 0. The number of carbonyl (C=O) groups is 3. The number of benzene rings is 1. The van der Waals surface area contributed by atoms with Gasteiger partial charge in [-0.2, -0.15) is 18.3 Å². The summed E-state index contributed by atoms with van der Waals surface area (Å²) in [5.74, 6) is -0.839. The van der Waals surface area contributed by atoms with E-state index in [1.165, 1.54) is 16.8 Å². The number of halogens is 4. The van der Waals surface area contributed by atoms with Crippen LogP contribution in [0.25, 0.3) is 21.9 Å². The van der Waals surface area contributed by atoms with Crippen molar-refractivity contribution in [2.45, 2.75) is 81.3 Å². The maximum absolute atomic E-state index is 15.8. The topological polar surface area (TPSA) is 152 Å². The fourth-order valence-corrected chi connectivity index (χ4v) is 9.60. The molecule has 3 amide bonds. The maximum atomic E-state index is 15.8. The van der Waals surface area contributed by atoms with Gasteiger partial charge in [-0.3, -0.25) is 38.4 Å². The smallest absolute Gasteiger partial charge is 0.305 e. The summed E-state index contributed by atoms with van der Waals surface area (Å²) in [6.45, 7) is 3.45. The van der Waals surface area contributed by atoms with Crippen LogP contribution in [0.5, 0.6) is 0 Å². The summed E-state index contributed by atoms with van der Waals surface area (Å²) in [5.41, 5.74) is 1.28. The molecule has 310 valence electrons. The molecule has 4 aromatic heterocycles. The monoisotopic (exact) mass is 816 g/mol. The Balaban J connectivity index is 0.759. The van der Waals surface area contributed by atoms with Crippen molar-refractivity contribution >= 4 is 45.5 Å². The van der Waals surface area contributed by atoms with Gasteiger partial charge in [0.15, 0.2) is 0 Å². The van der Waals surface area contributed by atoms with Gasteiger partial charge in [0, 0.05) is 63.2 Å². The molecule has 9 rings (SSSR count). The quantitative estimate of drug-likeness (QED) is 0.163. The number of likely N-dealkylation sites (tertiary alicyclic amines) is 2. The molecule has 59 heavy (non-hydrogen) atoms.